The lowest BCUT2D eigenvalue weighted by Gasteiger charge is -2.28. The second kappa shape index (κ2) is 9.50. The molecular formula is C18H23NO5. The molecule has 0 radical (unpaired) electrons. The van der Waals surface area contributed by atoms with Gasteiger partial charge in [0.05, 0.1) is 13.2 Å². The molecular weight excluding hydrogens is 310 g/mol. The molecule has 0 aliphatic carbocycles. The molecule has 0 saturated carbocycles. The van der Waals surface area contributed by atoms with Crippen LogP contribution in [0.5, 0.6) is 0 Å². The Hall–Kier alpha value is -2.63. The zero-order valence-corrected chi connectivity index (χ0v) is 14.2. The van der Waals surface area contributed by atoms with E-state index >= 15 is 0 Å². The second-order valence-corrected chi connectivity index (χ2v) is 5.04. The van der Waals surface area contributed by atoms with Crippen LogP contribution < -0.4 is 5.32 Å². The number of carbonyl (C=O) groups is 3. The van der Waals surface area contributed by atoms with Crippen molar-refractivity contribution in [3.05, 3.63) is 42.0 Å². The van der Waals surface area contributed by atoms with E-state index in [1.807, 2.05) is 30.3 Å². The first-order valence-corrected chi connectivity index (χ1v) is 7.81. The highest BCUT2D eigenvalue weighted by molar-refractivity contribution is 6.08. The van der Waals surface area contributed by atoms with Gasteiger partial charge in [-0.3, -0.25) is 4.79 Å². The standard InChI is InChI=1S/C18H23NO5/c1-4-23-16(21)18(19-14(3)20,17(22)24-5-2)13-9-12-15-10-7-6-8-11-15/h6-12H,4-5,13H2,1-3H3,(H,19,20). The van der Waals surface area contributed by atoms with Gasteiger partial charge in [0.15, 0.2) is 0 Å². The lowest BCUT2D eigenvalue weighted by Crippen LogP contribution is -2.60. The van der Waals surface area contributed by atoms with E-state index in [2.05, 4.69) is 5.32 Å². The molecule has 1 N–H and O–H groups in total. The van der Waals surface area contributed by atoms with Crippen molar-refractivity contribution in [3.8, 4) is 0 Å². The number of hydrogen-bond donors (Lipinski definition) is 1. The van der Waals surface area contributed by atoms with Crippen molar-refractivity contribution in [1.82, 2.24) is 5.32 Å². The molecule has 0 atom stereocenters. The summed E-state index contributed by atoms with van der Waals surface area (Å²) in [5, 5.41) is 2.41. The SMILES string of the molecule is CCOC(=O)C(CC=Cc1ccccc1)(NC(C)=O)C(=O)OCC. The first-order chi connectivity index (χ1) is 11.5. The van der Waals surface area contributed by atoms with Gasteiger partial charge in [-0.1, -0.05) is 42.5 Å². The molecule has 24 heavy (non-hydrogen) atoms. The summed E-state index contributed by atoms with van der Waals surface area (Å²) in [4.78, 5) is 36.3. The largest absolute Gasteiger partial charge is 0.464 e. The maximum Gasteiger partial charge on any atom is 0.344 e. The predicted molar refractivity (Wildman–Crippen MR) is 89.9 cm³/mol. The molecule has 130 valence electrons. The number of ether oxygens (including phenoxy) is 2. The number of benzene rings is 1. The third-order valence-corrected chi connectivity index (χ3v) is 3.17. The maximum absolute atomic E-state index is 12.4. The van der Waals surface area contributed by atoms with Crippen molar-refractivity contribution < 1.29 is 23.9 Å². The summed E-state index contributed by atoms with van der Waals surface area (Å²) in [6.07, 6.45) is 3.33. The average molecular weight is 333 g/mol. The van der Waals surface area contributed by atoms with E-state index in [0.717, 1.165) is 5.56 Å². The summed E-state index contributed by atoms with van der Waals surface area (Å²) in [6, 6.07) is 9.39. The van der Waals surface area contributed by atoms with Crippen LogP contribution in [-0.2, 0) is 23.9 Å². The van der Waals surface area contributed by atoms with E-state index in [1.165, 1.54) is 6.92 Å². The molecule has 1 rings (SSSR count). The summed E-state index contributed by atoms with van der Waals surface area (Å²) in [7, 11) is 0. The fourth-order valence-electron chi connectivity index (χ4n) is 2.15. The van der Waals surface area contributed by atoms with Crippen LogP contribution in [0.4, 0.5) is 0 Å². The minimum absolute atomic E-state index is 0.0703. The Morgan fingerprint density at radius 3 is 2.04 bits per heavy atom. The lowest BCUT2D eigenvalue weighted by atomic mass is 9.94. The molecule has 0 heterocycles. The van der Waals surface area contributed by atoms with E-state index in [9.17, 15) is 14.4 Å². The van der Waals surface area contributed by atoms with Crippen molar-refractivity contribution in [3.63, 3.8) is 0 Å². The quantitative estimate of drug-likeness (QED) is 0.582. The number of amides is 1. The molecule has 1 amide bonds. The third-order valence-electron chi connectivity index (χ3n) is 3.17. The number of hydrogen-bond acceptors (Lipinski definition) is 5. The maximum atomic E-state index is 12.4. The lowest BCUT2D eigenvalue weighted by molar-refractivity contribution is -0.167. The fraction of sp³-hybridized carbons (Fsp3) is 0.389. The highest BCUT2D eigenvalue weighted by Crippen LogP contribution is 2.18. The Kier molecular flexibility index (Phi) is 7.68. The molecule has 1 aromatic rings. The Labute approximate surface area is 141 Å². The van der Waals surface area contributed by atoms with Crippen molar-refractivity contribution in [2.24, 2.45) is 0 Å². The topological polar surface area (TPSA) is 81.7 Å². The number of nitrogens with one attached hydrogen (secondary N) is 1. The Bertz CT molecular complexity index is 577. The van der Waals surface area contributed by atoms with Crippen LogP contribution in [0.25, 0.3) is 6.08 Å². The monoisotopic (exact) mass is 333 g/mol. The Morgan fingerprint density at radius 1 is 1.04 bits per heavy atom. The highest BCUT2D eigenvalue weighted by atomic mass is 16.6. The molecule has 6 nitrogen and oxygen atoms in total. The molecule has 0 fully saturated rings. The first kappa shape index (κ1) is 19.4. The number of esters is 2. The van der Waals surface area contributed by atoms with Gasteiger partial charge in [-0.05, 0) is 19.4 Å². The second-order valence-electron chi connectivity index (χ2n) is 5.04. The fourth-order valence-corrected chi connectivity index (χ4v) is 2.15. The zero-order chi connectivity index (χ0) is 18.0. The van der Waals surface area contributed by atoms with E-state index in [4.69, 9.17) is 9.47 Å². The molecule has 0 bridgehead atoms. The van der Waals surface area contributed by atoms with Crippen LogP contribution in [0.1, 0.15) is 32.8 Å². The van der Waals surface area contributed by atoms with Gasteiger partial charge in [0.2, 0.25) is 11.4 Å². The van der Waals surface area contributed by atoms with Crippen molar-refractivity contribution >= 4 is 23.9 Å². The zero-order valence-electron chi connectivity index (χ0n) is 14.2. The van der Waals surface area contributed by atoms with Crippen LogP contribution in [0.3, 0.4) is 0 Å². The smallest absolute Gasteiger partial charge is 0.344 e. The molecule has 0 spiro atoms. The van der Waals surface area contributed by atoms with Gasteiger partial charge >= 0.3 is 11.9 Å². The summed E-state index contributed by atoms with van der Waals surface area (Å²) in [6.45, 7) is 4.65. The Morgan fingerprint density at radius 2 is 1.58 bits per heavy atom. The van der Waals surface area contributed by atoms with Gasteiger partial charge in [-0.2, -0.15) is 0 Å². The molecule has 0 aliphatic rings. The third kappa shape index (κ3) is 5.22. The summed E-state index contributed by atoms with van der Waals surface area (Å²) >= 11 is 0. The minimum Gasteiger partial charge on any atom is -0.464 e. The number of carbonyl (C=O) groups excluding carboxylic acids is 3. The van der Waals surface area contributed by atoms with Crippen molar-refractivity contribution in [2.45, 2.75) is 32.7 Å². The van der Waals surface area contributed by atoms with Crippen LogP contribution in [0.2, 0.25) is 0 Å². The van der Waals surface area contributed by atoms with E-state index < -0.39 is 23.4 Å². The van der Waals surface area contributed by atoms with E-state index in [-0.39, 0.29) is 19.6 Å². The molecule has 0 saturated heterocycles. The average Bonchev–Trinajstić information content (AvgIpc) is 2.54. The van der Waals surface area contributed by atoms with Gasteiger partial charge in [0.1, 0.15) is 0 Å². The van der Waals surface area contributed by atoms with Crippen molar-refractivity contribution in [2.75, 3.05) is 13.2 Å². The van der Waals surface area contributed by atoms with Crippen LogP contribution in [0.15, 0.2) is 36.4 Å². The number of rotatable bonds is 8. The predicted octanol–water partition coefficient (Wildman–Crippen LogP) is 2.09. The van der Waals surface area contributed by atoms with Gasteiger partial charge in [0, 0.05) is 13.3 Å². The highest BCUT2D eigenvalue weighted by Gasteiger charge is 2.49. The van der Waals surface area contributed by atoms with Gasteiger partial charge in [-0.15, -0.1) is 0 Å². The normalized spacial score (nSPS) is 11.1. The van der Waals surface area contributed by atoms with E-state index in [0.29, 0.717) is 0 Å². The molecule has 0 aliphatic heterocycles. The van der Waals surface area contributed by atoms with Crippen LogP contribution in [0, 0.1) is 0 Å². The van der Waals surface area contributed by atoms with Gasteiger partial charge in [0.25, 0.3) is 0 Å². The summed E-state index contributed by atoms with van der Waals surface area (Å²) in [5.41, 5.74) is -0.981. The molecule has 0 aromatic heterocycles. The molecule has 1 aromatic carbocycles. The molecule has 6 heteroatoms. The van der Waals surface area contributed by atoms with Crippen LogP contribution >= 0.6 is 0 Å². The van der Waals surface area contributed by atoms with Gasteiger partial charge in [-0.25, -0.2) is 9.59 Å². The summed E-state index contributed by atoms with van der Waals surface area (Å²) < 4.78 is 9.98. The first-order valence-electron chi connectivity index (χ1n) is 7.81. The molecule has 0 unspecified atom stereocenters. The summed E-state index contributed by atoms with van der Waals surface area (Å²) in [5.74, 6) is -2.20. The van der Waals surface area contributed by atoms with Crippen molar-refractivity contribution in [1.29, 1.82) is 0 Å². The van der Waals surface area contributed by atoms with Gasteiger partial charge < -0.3 is 14.8 Å². The minimum atomic E-state index is -1.89. The Balaban J connectivity index is 3.12. The van der Waals surface area contributed by atoms with Crippen LogP contribution in [-0.4, -0.2) is 36.6 Å². The van der Waals surface area contributed by atoms with E-state index in [1.54, 1.807) is 26.0 Å².